The zero-order chi connectivity index (χ0) is 57.9. The van der Waals surface area contributed by atoms with Gasteiger partial charge in [-0.15, -0.1) is 0 Å². The lowest BCUT2D eigenvalue weighted by molar-refractivity contribution is -0.144. The quantitative estimate of drug-likeness (QED) is 0.0423. The number of rotatable bonds is 58. The summed E-state index contributed by atoms with van der Waals surface area (Å²) in [6.45, 7) is 8.36. The van der Waals surface area contributed by atoms with Crippen LogP contribution in [0.1, 0.15) is 175 Å². The fourth-order valence-corrected chi connectivity index (χ4v) is 7.98. The molecule has 3 atom stereocenters. The Kier molecular flexibility index (Phi) is 48.5. The first-order chi connectivity index (χ1) is 37.5. The maximum Gasteiger partial charge on any atom is 0.306 e. The van der Waals surface area contributed by atoms with Crippen LogP contribution in [-0.2, 0) is 76.4 Å². The Morgan fingerprint density at radius 1 is 0.385 bits per heavy atom. The molecular formula is C56H98N4O18. The molecule has 0 aliphatic carbocycles. The van der Waals surface area contributed by atoms with Gasteiger partial charge < -0.3 is 59.9 Å². The second-order valence-electron chi connectivity index (χ2n) is 19.8. The predicted octanol–water partition coefficient (Wildman–Crippen LogP) is 5.27. The first-order valence-corrected chi connectivity index (χ1v) is 28.5. The number of nitrogens with one attached hydrogen (secondary N) is 4. The molecule has 6 N–H and O–H groups in total. The fourth-order valence-electron chi connectivity index (χ4n) is 7.98. The number of carbonyl (C=O) groups excluding carboxylic acids is 8. The molecule has 0 unspecified atom stereocenters. The highest BCUT2D eigenvalue weighted by molar-refractivity contribution is 5.88. The molecule has 4 amide bonds. The highest BCUT2D eigenvalue weighted by Gasteiger charge is 2.23. The van der Waals surface area contributed by atoms with Gasteiger partial charge in [0, 0.05) is 90.1 Å². The van der Waals surface area contributed by atoms with E-state index in [9.17, 15) is 53.1 Å². The van der Waals surface area contributed by atoms with Crippen molar-refractivity contribution in [3.05, 3.63) is 0 Å². The summed E-state index contributed by atoms with van der Waals surface area (Å²) in [4.78, 5) is 119. The molecule has 0 saturated heterocycles. The summed E-state index contributed by atoms with van der Waals surface area (Å²) in [6.07, 6.45) is 15.2. The van der Waals surface area contributed by atoms with Crippen molar-refractivity contribution >= 4 is 58.7 Å². The Morgan fingerprint density at radius 2 is 0.846 bits per heavy atom. The van der Waals surface area contributed by atoms with E-state index in [0.29, 0.717) is 90.8 Å². The number of carboxylic acid groups (broad SMARTS) is 2. The van der Waals surface area contributed by atoms with Gasteiger partial charge >= 0.3 is 11.9 Å². The first-order valence-electron chi connectivity index (χ1n) is 28.5. The minimum absolute atomic E-state index is 0.0198. The number of ether oxygens (including phenoxy) is 6. The zero-order valence-corrected chi connectivity index (χ0v) is 47.4. The van der Waals surface area contributed by atoms with E-state index in [1.54, 1.807) is 0 Å². The van der Waals surface area contributed by atoms with E-state index >= 15 is 0 Å². The van der Waals surface area contributed by atoms with Crippen LogP contribution in [0.4, 0.5) is 0 Å². The normalized spacial score (nSPS) is 12.3. The molecule has 78 heavy (non-hydrogen) atoms. The fraction of sp³-hybridized carbons (Fsp3) is 0.821. The summed E-state index contributed by atoms with van der Waals surface area (Å²) in [5.74, 6) is -4.48. The number of unbranched alkanes of at least 4 members (excludes halogenated alkanes) is 11. The van der Waals surface area contributed by atoms with E-state index in [1.165, 1.54) is 13.8 Å². The number of hydrogen-bond acceptors (Lipinski definition) is 16. The summed E-state index contributed by atoms with van der Waals surface area (Å²) in [5, 5.41) is 29.1. The smallest absolute Gasteiger partial charge is 0.306 e. The van der Waals surface area contributed by atoms with Crippen molar-refractivity contribution in [3.63, 3.8) is 0 Å². The van der Waals surface area contributed by atoms with Crippen molar-refractivity contribution in [1.82, 2.24) is 21.3 Å². The lowest BCUT2D eigenvalue weighted by atomic mass is 9.87. The molecule has 22 nitrogen and oxygen atoms in total. The van der Waals surface area contributed by atoms with Crippen LogP contribution in [0, 0.1) is 17.8 Å². The van der Waals surface area contributed by atoms with Crippen LogP contribution in [0.15, 0.2) is 0 Å². The van der Waals surface area contributed by atoms with E-state index in [0.717, 1.165) is 64.2 Å². The number of Topliss-reactive ketones (excluding diaryl/α,β-unsaturated/α-hetero) is 4. The molecule has 0 radical (unpaired) electrons. The Hall–Kier alpha value is -4.74. The molecule has 22 heteroatoms. The van der Waals surface area contributed by atoms with Gasteiger partial charge in [-0.25, -0.2) is 0 Å². The van der Waals surface area contributed by atoms with Crippen molar-refractivity contribution in [2.45, 2.75) is 175 Å². The third-order valence-corrected chi connectivity index (χ3v) is 12.7. The molecule has 0 spiro atoms. The van der Waals surface area contributed by atoms with E-state index < -0.39 is 17.9 Å². The van der Waals surface area contributed by atoms with E-state index in [1.807, 2.05) is 6.92 Å². The Labute approximate surface area is 463 Å². The molecule has 0 aromatic rings. The monoisotopic (exact) mass is 1110 g/mol. The van der Waals surface area contributed by atoms with Crippen LogP contribution < -0.4 is 21.3 Å². The number of hydrogen-bond donors (Lipinski definition) is 6. The van der Waals surface area contributed by atoms with Crippen LogP contribution in [0.3, 0.4) is 0 Å². The maximum atomic E-state index is 12.9. The molecule has 0 fully saturated rings. The Bertz CT molecular complexity index is 1680. The van der Waals surface area contributed by atoms with E-state index in [-0.39, 0.29) is 163 Å². The molecule has 0 aliphatic rings. The molecule has 0 heterocycles. The predicted molar refractivity (Wildman–Crippen MR) is 291 cm³/mol. The van der Waals surface area contributed by atoms with Crippen LogP contribution in [0.25, 0.3) is 0 Å². The van der Waals surface area contributed by atoms with Crippen LogP contribution in [0.2, 0.25) is 0 Å². The molecule has 0 aromatic heterocycles. The Morgan fingerprint density at radius 3 is 1.37 bits per heavy atom. The van der Waals surface area contributed by atoms with E-state index in [2.05, 4.69) is 21.3 Å². The number of amides is 4. The number of carboxylic acids is 2. The number of carbonyl (C=O) groups is 10. The standard InChI is InChI=1S/C56H98N4O18/c1-44(19-14-16-26-58-53(67)43-78-38-35-74-31-28-57-46(3)62)51(65)40-47(45(2)61)20-15-17-27-59-54(68)42-77-37-33-73-30-18-22-50(64)41-76-36-34-75-32-29-60-52(66)25-24-48(56(71)72)39-49(63)21-12-10-8-6-4-5-7-9-11-13-23-55(69)70/h44,47-48H,4-43H2,1-3H3,(H,57,62)(H,58,67)(H,59,68)(H,60,66)(H,69,70)(H,71,72)/t44-,47+,48+/m0/s1. The minimum Gasteiger partial charge on any atom is -0.481 e. The Balaban J connectivity index is 3.81. The summed E-state index contributed by atoms with van der Waals surface area (Å²) < 4.78 is 32.2. The first kappa shape index (κ1) is 73.3. The van der Waals surface area contributed by atoms with Crippen LogP contribution in [-0.4, -0.2) is 174 Å². The van der Waals surface area contributed by atoms with Crippen LogP contribution in [0.5, 0.6) is 0 Å². The lowest BCUT2D eigenvalue weighted by Gasteiger charge is -2.16. The van der Waals surface area contributed by atoms with Crippen LogP contribution >= 0.6 is 0 Å². The van der Waals surface area contributed by atoms with Gasteiger partial charge in [0.05, 0.1) is 58.8 Å². The molecule has 0 rings (SSSR count). The number of ketones is 4. The zero-order valence-electron chi connectivity index (χ0n) is 47.4. The number of aliphatic carboxylic acids is 2. The molecule has 0 aliphatic heterocycles. The van der Waals surface area contributed by atoms with Crippen molar-refractivity contribution in [3.8, 4) is 0 Å². The highest BCUT2D eigenvalue weighted by Crippen LogP contribution is 2.20. The molecular weight excluding hydrogens is 1020 g/mol. The van der Waals surface area contributed by atoms with Crippen molar-refractivity contribution in [1.29, 1.82) is 0 Å². The third-order valence-electron chi connectivity index (χ3n) is 12.7. The van der Waals surface area contributed by atoms with Crippen molar-refractivity contribution in [2.24, 2.45) is 17.8 Å². The van der Waals surface area contributed by atoms with Gasteiger partial charge in [-0.2, -0.15) is 0 Å². The van der Waals surface area contributed by atoms with Gasteiger partial charge in [0.1, 0.15) is 37.2 Å². The molecule has 0 bridgehead atoms. The minimum atomic E-state index is -1.09. The lowest BCUT2D eigenvalue weighted by Crippen LogP contribution is -2.29. The average molecular weight is 1120 g/mol. The molecule has 0 aromatic carbocycles. The summed E-state index contributed by atoms with van der Waals surface area (Å²) >= 11 is 0. The van der Waals surface area contributed by atoms with Gasteiger partial charge in [0.15, 0.2) is 5.78 Å². The molecule has 450 valence electrons. The summed E-state index contributed by atoms with van der Waals surface area (Å²) in [6, 6.07) is 0. The summed E-state index contributed by atoms with van der Waals surface area (Å²) in [5.41, 5.74) is 0. The topological polar surface area (TPSA) is 315 Å². The maximum absolute atomic E-state index is 12.9. The van der Waals surface area contributed by atoms with Gasteiger partial charge in [-0.3, -0.25) is 47.9 Å². The van der Waals surface area contributed by atoms with Crippen molar-refractivity contribution < 1.29 is 86.6 Å². The van der Waals surface area contributed by atoms with Gasteiger partial charge in [0.25, 0.3) is 0 Å². The second-order valence-corrected chi connectivity index (χ2v) is 19.8. The van der Waals surface area contributed by atoms with Gasteiger partial charge in [0.2, 0.25) is 23.6 Å². The highest BCUT2D eigenvalue weighted by atomic mass is 16.5. The average Bonchev–Trinajstić information content (AvgIpc) is 3.38. The third kappa shape index (κ3) is 49.5. The van der Waals surface area contributed by atoms with E-state index in [4.69, 9.17) is 33.5 Å². The second kappa shape index (κ2) is 51.7. The largest absolute Gasteiger partial charge is 0.481 e. The van der Waals surface area contributed by atoms with Crippen molar-refractivity contribution in [2.75, 3.05) is 105 Å². The van der Waals surface area contributed by atoms with Gasteiger partial charge in [-0.05, 0) is 58.3 Å². The van der Waals surface area contributed by atoms with Gasteiger partial charge in [-0.1, -0.05) is 71.1 Å². The molecule has 0 saturated carbocycles. The SMILES string of the molecule is CC(=O)NCCOCCOCC(=O)NCCCC[C@H](C)C(=O)C[C@@H](CCCCNC(=O)COCCOCCCC(=O)COCCOCCNC(=O)CC[C@H](CC(=O)CCCCCCCCCCCCC(=O)O)C(=O)O)C(C)=O. The summed E-state index contributed by atoms with van der Waals surface area (Å²) in [7, 11) is 0.